The van der Waals surface area contributed by atoms with Gasteiger partial charge in [0, 0.05) is 12.8 Å². The maximum atomic E-state index is 12.0. The molecule has 0 bridgehead atoms. The summed E-state index contributed by atoms with van der Waals surface area (Å²) >= 11 is 0. The van der Waals surface area contributed by atoms with Gasteiger partial charge in [-0.3, -0.25) is 13.8 Å². The highest BCUT2D eigenvalue weighted by atomic mass is 31.2. The molecule has 0 aliphatic heterocycles. The van der Waals surface area contributed by atoms with Gasteiger partial charge in [-0.15, -0.1) is 0 Å². The van der Waals surface area contributed by atoms with Crippen molar-refractivity contribution >= 4 is 13.8 Å². The van der Waals surface area contributed by atoms with Gasteiger partial charge in [-0.05, 0) is 6.42 Å². The van der Waals surface area contributed by atoms with Crippen molar-refractivity contribution in [3.63, 3.8) is 0 Å². The second kappa shape index (κ2) is 20.7. The summed E-state index contributed by atoms with van der Waals surface area (Å²) in [5, 5.41) is 9.37. The van der Waals surface area contributed by atoms with Crippen LogP contribution < -0.4 is 0 Å². The van der Waals surface area contributed by atoms with Crippen molar-refractivity contribution < 1.29 is 37.6 Å². The van der Waals surface area contributed by atoms with Crippen molar-refractivity contribution in [1.29, 1.82) is 0 Å². The summed E-state index contributed by atoms with van der Waals surface area (Å²) in [7, 11) is 1.73. The van der Waals surface area contributed by atoms with Crippen LogP contribution in [0.4, 0.5) is 0 Å². The number of phosphoric acid groups is 1. The summed E-state index contributed by atoms with van der Waals surface area (Å²) in [5.74, 6) is -0.387. The minimum absolute atomic E-state index is 0.0697. The van der Waals surface area contributed by atoms with E-state index in [1.807, 2.05) is 21.1 Å². The van der Waals surface area contributed by atoms with Crippen molar-refractivity contribution in [1.82, 2.24) is 0 Å². The van der Waals surface area contributed by atoms with Gasteiger partial charge in [-0.2, -0.15) is 0 Å². The summed E-state index contributed by atoms with van der Waals surface area (Å²) < 4.78 is 27.7. The Balaban J connectivity index is 3.74. The van der Waals surface area contributed by atoms with E-state index in [0.717, 1.165) is 25.8 Å². The Morgan fingerprint density at radius 3 is 1.82 bits per heavy atom. The first-order chi connectivity index (χ1) is 16.1. The van der Waals surface area contributed by atoms with Gasteiger partial charge in [0.2, 0.25) is 0 Å². The van der Waals surface area contributed by atoms with Crippen molar-refractivity contribution in [3.05, 3.63) is 0 Å². The highest BCUT2D eigenvalue weighted by molar-refractivity contribution is 7.47. The third-order valence-corrected chi connectivity index (χ3v) is 6.70. The number of carbonyl (C=O) groups excluding carboxylic acids is 1. The van der Waals surface area contributed by atoms with E-state index in [-0.39, 0.29) is 19.2 Å². The Morgan fingerprint density at radius 1 is 0.853 bits per heavy atom. The van der Waals surface area contributed by atoms with Crippen LogP contribution in [0.2, 0.25) is 0 Å². The van der Waals surface area contributed by atoms with Crippen LogP contribution in [0.1, 0.15) is 103 Å². The van der Waals surface area contributed by atoms with Crippen LogP contribution in [0.15, 0.2) is 0 Å². The summed E-state index contributed by atoms with van der Waals surface area (Å²) in [6, 6.07) is 0. The number of rotatable bonds is 24. The molecular weight excluding hydrogens is 457 g/mol. The monoisotopic (exact) mass is 510 g/mol. The Morgan fingerprint density at radius 2 is 1.35 bits per heavy atom. The predicted molar refractivity (Wildman–Crippen MR) is 137 cm³/mol. The molecule has 0 fully saturated rings. The van der Waals surface area contributed by atoms with E-state index in [2.05, 4.69) is 6.92 Å². The largest absolute Gasteiger partial charge is 0.472 e. The summed E-state index contributed by atoms with van der Waals surface area (Å²) in [4.78, 5) is 21.7. The highest BCUT2D eigenvalue weighted by Gasteiger charge is 2.27. The van der Waals surface area contributed by atoms with E-state index in [1.54, 1.807) is 0 Å². The minimum atomic E-state index is -4.32. The van der Waals surface area contributed by atoms with Gasteiger partial charge in [0.15, 0.2) is 0 Å². The second-order valence-electron chi connectivity index (χ2n) is 10.3. The van der Waals surface area contributed by atoms with Crippen molar-refractivity contribution in [2.24, 2.45) is 0 Å². The van der Waals surface area contributed by atoms with Crippen molar-refractivity contribution in [2.45, 2.75) is 109 Å². The molecule has 0 radical (unpaired) electrons. The molecule has 0 aliphatic carbocycles. The molecule has 0 saturated heterocycles. The van der Waals surface area contributed by atoms with Crippen LogP contribution in [0.5, 0.6) is 0 Å². The van der Waals surface area contributed by atoms with Gasteiger partial charge in [0.1, 0.15) is 12.7 Å². The molecule has 8 nitrogen and oxygen atoms in total. The zero-order valence-electron chi connectivity index (χ0n) is 22.3. The van der Waals surface area contributed by atoms with Gasteiger partial charge in [-0.25, -0.2) is 4.57 Å². The third kappa shape index (κ3) is 23.3. The highest BCUT2D eigenvalue weighted by Crippen LogP contribution is 2.44. The maximum Gasteiger partial charge on any atom is 0.472 e. The number of ether oxygens (including phenoxy) is 1. The quantitative estimate of drug-likeness (QED) is 0.0754. The van der Waals surface area contributed by atoms with E-state index in [0.29, 0.717) is 17.3 Å². The van der Waals surface area contributed by atoms with Crippen molar-refractivity contribution in [2.75, 3.05) is 47.5 Å². The SMILES string of the molecule is CCCCCCCCCCCCCCCC(=O)OCC(CO)OP(=O)(O)OCCC[N+](C)(C)C. The molecule has 0 aromatic heterocycles. The number of aliphatic hydroxyl groups excluding tert-OH is 1. The standard InChI is InChI=1S/C25H52NO7P/c1-5-6-7-8-9-10-11-12-13-14-15-16-17-19-25(28)31-23-24(22-27)33-34(29,30)32-21-18-20-26(2,3)4/h24,27H,5-23H2,1-4H3/p+1. The molecule has 2 unspecified atom stereocenters. The zero-order valence-corrected chi connectivity index (χ0v) is 23.2. The van der Waals surface area contributed by atoms with Crippen LogP contribution >= 0.6 is 7.82 Å². The molecular formula is C25H53NO7P+. The summed E-state index contributed by atoms with van der Waals surface area (Å²) in [6.45, 7) is 2.27. The topological polar surface area (TPSA) is 102 Å². The summed E-state index contributed by atoms with van der Waals surface area (Å²) in [5.41, 5.74) is 0. The fourth-order valence-corrected chi connectivity index (χ4v) is 4.52. The minimum Gasteiger partial charge on any atom is -0.463 e. The Labute approximate surface area is 208 Å². The third-order valence-electron chi connectivity index (χ3n) is 5.63. The molecule has 0 amide bonds. The van der Waals surface area contributed by atoms with Crippen molar-refractivity contribution in [3.8, 4) is 0 Å². The Hall–Kier alpha value is -0.500. The zero-order chi connectivity index (χ0) is 25.7. The van der Waals surface area contributed by atoms with Gasteiger partial charge in [0.25, 0.3) is 0 Å². The van der Waals surface area contributed by atoms with E-state index in [4.69, 9.17) is 13.8 Å². The van der Waals surface area contributed by atoms with E-state index < -0.39 is 20.5 Å². The second-order valence-corrected chi connectivity index (χ2v) is 11.7. The first-order valence-corrected chi connectivity index (χ1v) is 14.8. The molecule has 2 N–H and O–H groups in total. The van der Waals surface area contributed by atoms with E-state index in [9.17, 15) is 19.4 Å². The average molecular weight is 511 g/mol. The molecule has 2 atom stereocenters. The van der Waals surface area contributed by atoms with Gasteiger partial charge < -0.3 is 19.2 Å². The lowest BCUT2D eigenvalue weighted by molar-refractivity contribution is -0.870. The van der Waals surface area contributed by atoms with Crippen LogP contribution in [-0.2, 0) is 23.1 Å². The number of hydrogen-bond donors (Lipinski definition) is 2. The Bertz CT molecular complexity index is 540. The van der Waals surface area contributed by atoms with Gasteiger partial charge in [-0.1, -0.05) is 84.0 Å². The smallest absolute Gasteiger partial charge is 0.463 e. The molecule has 34 heavy (non-hydrogen) atoms. The van der Waals surface area contributed by atoms with E-state index >= 15 is 0 Å². The number of phosphoric ester groups is 1. The fraction of sp³-hybridized carbons (Fsp3) is 0.960. The normalized spacial score (nSPS) is 14.6. The number of esters is 1. The predicted octanol–water partition coefficient (Wildman–Crippen LogP) is 5.60. The molecule has 0 rings (SSSR count). The maximum absolute atomic E-state index is 12.0. The van der Waals surface area contributed by atoms with Crippen LogP contribution in [0, 0.1) is 0 Å². The fourth-order valence-electron chi connectivity index (χ4n) is 3.60. The molecule has 0 saturated carbocycles. The molecule has 9 heteroatoms. The lowest BCUT2D eigenvalue weighted by Crippen LogP contribution is -2.35. The van der Waals surface area contributed by atoms with E-state index in [1.165, 1.54) is 64.2 Å². The number of nitrogens with zero attached hydrogens (tertiary/aromatic N) is 1. The van der Waals surface area contributed by atoms with Gasteiger partial charge >= 0.3 is 13.8 Å². The molecule has 0 aliphatic rings. The lowest BCUT2D eigenvalue weighted by Gasteiger charge is -2.24. The first-order valence-electron chi connectivity index (χ1n) is 13.3. The van der Waals surface area contributed by atoms with Gasteiger partial charge in [0.05, 0.1) is 40.9 Å². The number of quaternary nitrogens is 1. The first kappa shape index (κ1) is 33.5. The number of hydrogen-bond acceptors (Lipinski definition) is 6. The lowest BCUT2D eigenvalue weighted by atomic mass is 10.0. The molecule has 0 aromatic carbocycles. The molecule has 0 heterocycles. The average Bonchev–Trinajstić information content (AvgIpc) is 2.76. The number of carbonyl (C=O) groups is 1. The van der Waals surface area contributed by atoms with Crippen LogP contribution in [0.25, 0.3) is 0 Å². The number of unbranched alkanes of at least 4 members (excludes halogenated alkanes) is 12. The number of aliphatic hydroxyl groups is 1. The van der Waals surface area contributed by atoms with Crippen LogP contribution in [0.3, 0.4) is 0 Å². The summed E-state index contributed by atoms with van der Waals surface area (Å²) in [6.07, 6.45) is 15.9. The molecule has 204 valence electrons. The van der Waals surface area contributed by atoms with Crippen LogP contribution in [-0.4, -0.2) is 74.1 Å². The Kier molecular flexibility index (Phi) is 20.4. The molecule has 0 aromatic rings. The molecule has 0 spiro atoms.